The Morgan fingerprint density at radius 2 is 1.88 bits per heavy atom. The van der Waals surface area contributed by atoms with Gasteiger partial charge in [-0.2, -0.15) is 0 Å². The number of guanidine groups is 1. The summed E-state index contributed by atoms with van der Waals surface area (Å²) in [6, 6.07) is 7.53. The molecule has 184 valence electrons. The van der Waals surface area contributed by atoms with E-state index in [-0.39, 0.29) is 42.3 Å². The second-order valence-corrected chi connectivity index (χ2v) is 8.08. The van der Waals surface area contributed by atoms with Gasteiger partial charge in [0.05, 0.1) is 12.6 Å². The Kier molecular flexibility index (Phi) is 11.9. The number of rotatable bonds is 8. The first-order chi connectivity index (χ1) is 15.6. The maximum absolute atomic E-state index is 12.6. The average Bonchev–Trinajstić information content (AvgIpc) is 2.83. The Morgan fingerprint density at radius 3 is 2.52 bits per heavy atom. The summed E-state index contributed by atoms with van der Waals surface area (Å²) in [5, 5.41) is 6.15. The van der Waals surface area contributed by atoms with E-state index in [1.165, 1.54) is 0 Å². The number of methoxy groups -OCH3 is 1. The number of benzene rings is 1. The number of hydrogen-bond acceptors (Lipinski definition) is 5. The van der Waals surface area contributed by atoms with Crippen molar-refractivity contribution in [2.24, 2.45) is 4.99 Å². The van der Waals surface area contributed by atoms with Crippen molar-refractivity contribution in [2.45, 2.75) is 31.9 Å². The third-order valence-electron chi connectivity index (χ3n) is 5.78. The van der Waals surface area contributed by atoms with E-state index in [0.29, 0.717) is 31.3 Å². The zero-order valence-corrected chi connectivity index (χ0v) is 21.9. The Hall–Kier alpha value is -1.92. The molecule has 0 atom stereocenters. The lowest BCUT2D eigenvalue weighted by molar-refractivity contribution is -0.123. The fourth-order valence-corrected chi connectivity index (χ4v) is 3.96. The molecule has 2 fully saturated rings. The maximum Gasteiger partial charge on any atom is 0.254 e. The maximum atomic E-state index is 12.6. The number of piperazine rings is 1. The van der Waals surface area contributed by atoms with Crippen molar-refractivity contribution in [3.05, 3.63) is 35.4 Å². The average molecular weight is 573 g/mol. The summed E-state index contributed by atoms with van der Waals surface area (Å²) in [5.41, 5.74) is 1.66. The third kappa shape index (κ3) is 8.42. The standard InChI is InChI=1S/C23H35N5O4.HI/c1-24-23(27-11-8-20(9-12-27)32-15-3-14-31-2)26-16-18-4-6-19(7-5-18)22(30)28-13-10-25-21(29)17-28;/h4-7,20H,3,8-17H2,1-2H3,(H,24,26)(H,25,29);1H. The van der Waals surface area contributed by atoms with Crippen molar-refractivity contribution in [3.8, 4) is 0 Å². The molecule has 9 nitrogen and oxygen atoms in total. The van der Waals surface area contributed by atoms with Crippen molar-refractivity contribution in [1.29, 1.82) is 0 Å². The van der Waals surface area contributed by atoms with Gasteiger partial charge in [0, 0.05) is 65.7 Å². The number of likely N-dealkylation sites (tertiary alicyclic amines) is 1. The first kappa shape index (κ1) is 27.3. The van der Waals surface area contributed by atoms with Crippen molar-refractivity contribution < 1.29 is 19.1 Å². The lowest BCUT2D eigenvalue weighted by Gasteiger charge is -2.34. The van der Waals surface area contributed by atoms with Crippen LogP contribution in [-0.2, 0) is 20.8 Å². The highest BCUT2D eigenvalue weighted by Crippen LogP contribution is 2.15. The summed E-state index contributed by atoms with van der Waals surface area (Å²) >= 11 is 0. The molecule has 10 heteroatoms. The van der Waals surface area contributed by atoms with Gasteiger partial charge in [-0.05, 0) is 37.0 Å². The number of aliphatic imine (C=N–C) groups is 1. The van der Waals surface area contributed by atoms with Crippen molar-refractivity contribution in [2.75, 3.05) is 60.1 Å². The molecule has 2 amide bonds. The monoisotopic (exact) mass is 573 g/mol. The summed E-state index contributed by atoms with van der Waals surface area (Å²) in [5.74, 6) is 0.656. The van der Waals surface area contributed by atoms with Crippen LogP contribution in [0.1, 0.15) is 35.2 Å². The number of carbonyl (C=O) groups is 2. The summed E-state index contributed by atoms with van der Waals surface area (Å²) in [6.07, 6.45) is 3.20. The molecule has 33 heavy (non-hydrogen) atoms. The molecule has 1 aromatic carbocycles. The van der Waals surface area contributed by atoms with Gasteiger partial charge in [0.15, 0.2) is 5.96 Å². The van der Waals surface area contributed by atoms with Crippen molar-refractivity contribution >= 4 is 41.8 Å². The molecule has 0 saturated carbocycles. The van der Waals surface area contributed by atoms with Gasteiger partial charge in [0.25, 0.3) is 5.91 Å². The fraction of sp³-hybridized carbons (Fsp3) is 0.609. The van der Waals surface area contributed by atoms with E-state index < -0.39 is 0 Å². The molecular weight excluding hydrogens is 537 g/mol. The van der Waals surface area contributed by atoms with Gasteiger partial charge in [-0.3, -0.25) is 14.6 Å². The highest BCUT2D eigenvalue weighted by Gasteiger charge is 2.23. The van der Waals surface area contributed by atoms with Crippen LogP contribution >= 0.6 is 24.0 Å². The fourth-order valence-electron chi connectivity index (χ4n) is 3.96. The van der Waals surface area contributed by atoms with Gasteiger partial charge in [0.2, 0.25) is 5.91 Å². The molecule has 2 N–H and O–H groups in total. The smallest absolute Gasteiger partial charge is 0.254 e. The Bertz CT molecular complexity index is 782. The predicted molar refractivity (Wildman–Crippen MR) is 138 cm³/mol. The van der Waals surface area contributed by atoms with Gasteiger partial charge in [-0.25, -0.2) is 0 Å². The highest BCUT2D eigenvalue weighted by atomic mass is 127. The molecule has 3 rings (SSSR count). The second-order valence-electron chi connectivity index (χ2n) is 8.08. The number of halogens is 1. The normalized spacial score (nSPS) is 17.4. The number of amides is 2. The molecular formula is C23H36IN5O4. The SMILES string of the molecule is CN=C(NCc1ccc(C(=O)N2CCNC(=O)C2)cc1)N1CCC(OCCCOC)CC1.I. The van der Waals surface area contributed by atoms with Crippen LogP contribution in [0.5, 0.6) is 0 Å². The van der Waals surface area contributed by atoms with Crippen LogP contribution in [0.2, 0.25) is 0 Å². The second kappa shape index (κ2) is 14.4. The van der Waals surface area contributed by atoms with E-state index in [1.807, 2.05) is 24.3 Å². The summed E-state index contributed by atoms with van der Waals surface area (Å²) < 4.78 is 11.0. The molecule has 0 spiro atoms. The summed E-state index contributed by atoms with van der Waals surface area (Å²) in [4.78, 5) is 32.4. The molecule has 0 unspecified atom stereocenters. The highest BCUT2D eigenvalue weighted by molar-refractivity contribution is 14.0. The van der Waals surface area contributed by atoms with Gasteiger partial charge in [0.1, 0.15) is 0 Å². The molecule has 0 aromatic heterocycles. The van der Waals surface area contributed by atoms with Crippen LogP contribution in [0.4, 0.5) is 0 Å². The van der Waals surface area contributed by atoms with Crippen LogP contribution in [0, 0.1) is 0 Å². The quantitative estimate of drug-likeness (QED) is 0.212. The van der Waals surface area contributed by atoms with Gasteiger partial charge < -0.3 is 29.9 Å². The molecule has 2 saturated heterocycles. The van der Waals surface area contributed by atoms with Gasteiger partial charge >= 0.3 is 0 Å². The molecule has 0 aliphatic carbocycles. The molecule has 2 aliphatic heterocycles. The van der Waals surface area contributed by atoms with Gasteiger partial charge in [-0.15, -0.1) is 24.0 Å². The minimum atomic E-state index is -0.113. The van der Waals surface area contributed by atoms with Gasteiger partial charge in [-0.1, -0.05) is 12.1 Å². The van der Waals surface area contributed by atoms with E-state index in [1.54, 1.807) is 19.1 Å². The molecule has 2 heterocycles. The molecule has 0 bridgehead atoms. The largest absolute Gasteiger partial charge is 0.385 e. The van der Waals surface area contributed by atoms with Crippen molar-refractivity contribution in [1.82, 2.24) is 20.4 Å². The van der Waals surface area contributed by atoms with E-state index >= 15 is 0 Å². The van der Waals surface area contributed by atoms with Crippen LogP contribution < -0.4 is 10.6 Å². The number of hydrogen-bond donors (Lipinski definition) is 2. The third-order valence-corrected chi connectivity index (χ3v) is 5.78. The molecule has 0 radical (unpaired) electrons. The molecule has 1 aromatic rings. The number of ether oxygens (including phenoxy) is 2. The van der Waals surface area contributed by atoms with Crippen molar-refractivity contribution in [3.63, 3.8) is 0 Å². The van der Waals surface area contributed by atoms with Crippen LogP contribution in [0.25, 0.3) is 0 Å². The van der Waals surface area contributed by atoms with Crippen LogP contribution in [0.3, 0.4) is 0 Å². The number of nitrogens with one attached hydrogen (secondary N) is 2. The van der Waals surface area contributed by atoms with Crippen LogP contribution in [-0.4, -0.2) is 93.8 Å². The van der Waals surface area contributed by atoms with E-state index in [0.717, 1.165) is 57.1 Å². The Morgan fingerprint density at radius 1 is 1.15 bits per heavy atom. The number of piperidine rings is 1. The minimum Gasteiger partial charge on any atom is -0.385 e. The molecule has 2 aliphatic rings. The Balaban J connectivity index is 0.00000385. The minimum absolute atomic E-state index is 0. The number of carbonyl (C=O) groups excluding carboxylic acids is 2. The zero-order valence-electron chi connectivity index (χ0n) is 19.5. The van der Waals surface area contributed by atoms with E-state index in [9.17, 15) is 9.59 Å². The lowest BCUT2D eigenvalue weighted by atomic mass is 10.1. The van der Waals surface area contributed by atoms with E-state index in [2.05, 4.69) is 20.5 Å². The topological polar surface area (TPSA) is 95.5 Å². The number of nitrogens with zero attached hydrogens (tertiary/aromatic N) is 3. The summed E-state index contributed by atoms with van der Waals surface area (Å²) in [7, 11) is 3.51. The van der Waals surface area contributed by atoms with Crippen LogP contribution in [0.15, 0.2) is 29.3 Å². The first-order valence-corrected chi connectivity index (χ1v) is 11.3. The van der Waals surface area contributed by atoms with E-state index in [4.69, 9.17) is 9.47 Å². The first-order valence-electron chi connectivity index (χ1n) is 11.3. The summed E-state index contributed by atoms with van der Waals surface area (Å²) in [6.45, 7) is 5.09. The zero-order chi connectivity index (χ0) is 22.8. The predicted octanol–water partition coefficient (Wildman–Crippen LogP) is 1.47. The Labute approximate surface area is 213 Å². The lowest BCUT2D eigenvalue weighted by Crippen LogP contribution is -2.49.